The number of ether oxygens (including phenoxy) is 1. The fourth-order valence-corrected chi connectivity index (χ4v) is 2.06. The number of carbonyl (C=O) groups is 1. The lowest BCUT2D eigenvalue weighted by Gasteiger charge is -2.17. The highest BCUT2D eigenvalue weighted by molar-refractivity contribution is 6.29. The van der Waals surface area contributed by atoms with E-state index < -0.39 is 0 Å². The summed E-state index contributed by atoms with van der Waals surface area (Å²) < 4.78 is 5.22. The van der Waals surface area contributed by atoms with Gasteiger partial charge in [-0.15, -0.1) is 0 Å². The first-order chi connectivity index (χ1) is 8.11. The quantitative estimate of drug-likeness (QED) is 0.806. The molecule has 0 saturated carbocycles. The number of halogens is 1. The number of nitrogen functional groups attached to an aromatic ring is 1. The third kappa shape index (κ3) is 2.50. The van der Waals surface area contributed by atoms with E-state index in [2.05, 4.69) is 4.98 Å². The van der Waals surface area contributed by atoms with Gasteiger partial charge in [0.2, 0.25) is 0 Å². The van der Waals surface area contributed by atoms with Crippen LogP contribution in [0.3, 0.4) is 0 Å². The SMILES string of the molecule is COC1CCN(C(=O)c2cc(Cl)ncc2N)C1. The highest BCUT2D eigenvalue weighted by atomic mass is 35.5. The number of aromatic nitrogens is 1. The first kappa shape index (κ1) is 12.1. The van der Waals surface area contributed by atoms with E-state index in [1.165, 1.54) is 12.3 Å². The lowest BCUT2D eigenvalue weighted by molar-refractivity contribution is 0.0725. The Morgan fingerprint density at radius 2 is 2.47 bits per heavy atom. The molecule has 1 fully saturated rings. The number of nitrogens with two attached hydrogens (primary N) is 1. The molecule has 1 atom stereocenters. The molecule has 17 heavy (non-hydrogen) atoms. The van der Waals surface area contributed by atoms with Crippen LogP contribution in [0.5, 0.6) is 0 Å². The molecule has 1 saturated heterocycles. The number of methoxy groups -OCH3 is 1. The second-order valence-electron chi connectivity index (χ2n) is 3.99. The van der Waals surface area contributed by atoms with Crippen LogP contribution < -0.4 is 5.73 Å². The molecule has 0 spiro atoms. The standard InChI is InChI=1S/C11H14ClN3O2/c1-17-7-2-3-15(6-7)11(16)8-4-10(12)14-5-9(8)13/h4-5,7H,2-3,6,13H2,1H3. The maximum atomic E-state index is 12.2. The molecule has 2 rings (SSSR count). The first-order valence-corrected chi connectivity index (χ1v) is 5.72. The van der Waals surface area contributed by atoms with E-state index in [0.29, 0.717) is 24.3 Å². The summed E-state index contributed by atoms with van der Waals surface area (Å²) in [6.07, 6.45) is 2.36. The number of amides is 1. The zero-order valence-corrected chi connectivity index (χ0v) is 10.3. The Kier molecular flexibility index (Phi) is 3.49. The van der Waals surface area contributed by atoms with E-state index >= 15 is 0 Å². The van der Waals surface area contributed by atoms with Gasteiger partial charge in [0, 0.05) is 20.2 Å². The van der Waals surface area contributed by atoms with Crippen LogP contribution in [-0.4, -0.2) is 42.1 Å². The zero-order valence-electron chi connectivity index (χ0n) is 9.52. The minimum absolute atomic E-state index is 0.109. The van der Waals surface area contributed by atoms with Crippen molar-refractivity contribution < 1.29 is 9.53 Å². The van der Waals surface area contributed by atoms with E-state index in [-0.39, 0.29) is 17.2 Å². The van der Waals surface area contributed by atoms with Crippen molar-refractivity contribution in [1.82, 2.24) is 9.88 Å². The van der Waals surface area contributed by atoms with Gasteiger partial charge in [-0.05, 0) is 12.5 Å². The van der Waals surface area contributed by atoms with E-state index in [0.717, 1.165) is 6.42 Å². The predicted octanol–water partition coefficient (Wildman–Crippen LogP) is 1.18. The minimum Gasteiger partial charge on any atom is -0.397 e. The van der Waals surface area contributed by atoms with E-state index in [1.807, 2.05) is 0 Å². The van der Waals surface area contributed by atoms with Crippen molar-refractivity contribution in [3.05, 3.63) is 23.0 Å². The van der Waals surface area contributed by atoms with Gasteiger partial charge in [-0.1, -0.05) is 11.6 Å². The van der Waals surface area contributed by atoms with Gasteiger partial charge in [-0.25, -0.2) is 4.98 Å². The molecule has 0 bridgehead atoms. The van der Waals surface area contributed by atoms with Crippen molar-refractivity contribution in [2.75, 3.05) is 25.9 Å². The second kappa shape index (κ2) is 4.89. The van der Waals surface area contributed by atoms with E-state index in [1.54, 1.807) is 12.0 Å². The molecule has 6 heteroatoms. The fraction of sp³-hybridized carbons (Fsp3) is 0.455. The Balaban J connectivity index is 2.17. The van der Waals surface area contributed by atoms with Crippen LogP contribution in [0.2, 0.25) is 5.15 Å². The smallest absolute Gasteiger partial charge is 0.256 e. The Labute approximate surface area is 105 Å². The highest BCUT2D eigenvalue weighted by Crippen LogP contribution is 2.20. The van der Waals surface area contributed by atoms with Crippen molar-refractivity contribution in [3.63, 3.8) is 0 Å². The van der Waals surface area contributed by atoms with Crippen LogP contribution in [0, 0.1) is 0 Å². The molecule has 0 aliphatic carbocycles. The average Bonchev–Trinajstić information content (AvgIpc) is 2.80. The third-order valence-corrected chi connectivity index (χ3v) is 3.10. The number of carbonyl (C=O) groups excluding carboxylic acids is 1. The third-order valence-electron chi connectivity index (χ3n) is 2.90. The zero-order chi connectivity index (χ0) is 12.4. The molecule has 1 aliphatic rings. The summed E-state index contributed by atoms with van der Waals surface area (Å²) in [5.74, 6) is -0.119. The molecule has 92 valence electrons. The first-order valence-electron chi connectivity index (χ1n) is 5.35. The minimum atomic E-state index is -0.119. The van der Waals surface area contributed by atoms with Crippen LogP contribution in [0.15, 0.2) is 12.3 Å². The van der Waals surface area contributed by atoms with Gasteiger partial charge in [-0.3, -0.25) is 4.79 Å². The van der Waals surface area contributed by atoms with E-state index in [9.17, 15) is 4.79 Å². The highest BCUT2D eigenvalue weighted by Gasteiger charge is 2.27. The predicted molar refractivity (Wildman–Crippen MR) is 65.0 cm³/mol. The Hall–Kier alpha value is -1.33. The van der Waals surface area contributed by atoms with Crippen molar-refractivity contribution in [2.45, 2.75) is 12.5 Å². The van der Waals surface area contributed by atoms with Crippen molar-refractivity contribution in [3.8, 4) is 0 Å². The monoisotopic (exact) mass is 255 g/mol. The Morgan fingerprint density at radius 3 is 3.12 bits per heavy atom. The Morgan fingerprint density at radius 1 is 1.71 bits per heavy atom. The van der Waals surface area contributed by atoms with Gasteiger partial charge in [0.1, 0.15) is 5.15 Å². The molecule has 2 N–H and O–H groups in total. The lowest BCUT2D eigenvalue weighted by Crippen LogP contribution is -2.30. The summed E-state index contributed by atoms with van der Waals surface area (Å²) in [7, 11) is 1.65. The van der Waals surface area contributed by atoms with Gasteiger partial charge in [-0.2, -0.15) is 0 Å². The van der Waals surface area contributed by atoms with Crippen LogP contribution in [0.1, 0.15) is 16.8 Å². The molecule has 1 unspecified atom stereocenters. The summed E-state index contributed by atoms with van der Waals surface area (Å²) in [4.78, 5) is 17.7. The number of nitrogens with zero attached hydrogens (tertiary/aromatic N) is 2. The van der Waals surface area contributed by atoms with Gasteiger partial charge in [0.25, 0.3) is 5.91 Å². The molecular weight excluding hydrogens is 242 g/mol. The van der Waals surface area contributed by atoms with Gasteiger partial charge in [0.05, 0.1) is 23.6 Å². The summed E-state index contributed by atoms with van der Waals surface area (Å²) in [5, 5.41) is 0.269. The maximum absolute atomic E-state index is 12.2. The summed E-state index contributed by atoms with van der Waals surface area (Å²) in [6, 6.07) is 1.50. The molecule has 0 aromatic carbocycles. The number of hydrogen-bond donors (Lipinski definition) is 1. The molecule has 0 radical (unpaired) electrons. The molecule has 1 aliphatic heterocycles. The van der Waals surface area contributed by atoms with Crippen molar-refractivity contribution in [1.29, 1.82) is 0 Å². The molecule has 5 nitrogen and oxygen atoms in total. The van der Waals surface area contributed by atoms with Crippen molar-refractivity contribution >= 4 is 23.2 Å². The number of rotatable bonds is 2. The molecule has 1 amide bonds. The van der Waals surface area contributed by atoms with Crippen LogP contribution in [0.25, 0.3) is 0 Å². The maximum Gasteiger partial charge on any atom is 0.256 e. The summed E-state index contributed by atoms with van der Waals surface area (Å²) >= 11 is 5.76. The van der Waals surface area contributed by atoms with Gasteiger partial charge in [0.15, 0.2) is 0 Å². The fourth-order valence-electron chi connectivity index (χ4n) is 1.90. The molecule has 1 aromatic rings. The van der Waals surface area contributed by atoms with Crippen molar-refractivity contribution in [2.24, 2.45) is 0 Å². The number of hydrogen-bond acceptors (Lipinski definition) is 4. The summed E-state index contributed by atoms with van der Waals surface area (Å²) in [6.45, 7) is 1.27. The average molecular weight is 256 g/mol. The topological polar surface area (TPSA) is 68.5 Å². The Bertz CT molecular complexity index is 439. The number of anilines is 1. The number of likely N-dealkylation sites (tertiary alicyclic amines) is 1. The summed E-state index contributed by atoms with van der Waals surface area (Å²) in [5.41, 5.74) is 6.48. The largest absolute Gasteiger partial charge is 0.397 e. The normalized spacial score (nSPS) is 19.6. The molecule has 2 heterocycles. The van der Waals surface area contributed by atoms with Gasteiger partial charge < -0.3 is 15.4 Å². The van der Waals surface area contributed by atoms with Crippen LogP contribution in [-0.2, 0) is 4.74 Å². The molecular formula is C11H14ClN3O2. The second-order valence-corrected chi connectivity index (χ2v) is 4.38. The van der Waals surface area contributed by atoms with E-state index in [4.69, 9.17) is 22.1 Å². The van der Waals surface area contributed by atoms with Crippen LogP contribution in [0.4, 0.5) is 5.69 Å². The molecule has 1 aromatic heterocycles. The van der Waals surface area contributed by atoms with Crippen LogP contribution >= 0.6 is 11.6 Å². The van der Waals surface area contributed by atoms with Gasteiger partial charge >= 0.3 is 0 Å². The lowest BCUT2D eigenvalue weighted by atomic mass is 10.2. The number of pyridine rings is 1.